The van der Waals surface area contributed by atoms with Crippen LogP contribution in [0.1, 0.15) is 43.6 Å². The summed E-state index contributed by atoms with van der Waals surface area (Å²) >= 11 is 6.15. The number of carbonyl (C=O) groups is 1. The third-order valence-electron chi connectivity index (χ3n) is 6.07. The number of amides is 1. The molecular weight excluding hydrogens is 388 g/mol. The van der Waals surface area contributed by atoms with Crippen molar-refractivity contribution in [3.63, 3.8) is 0 Å². The van der Waals surface area contributed by atoms with E-state index in [1.165, 1.54) is 0 Å². The fourth-order valence-corrected chi connectivity index (χ4v) is 5.05. The molecule has 5 nitrogen and oxygen atoms in total. The highest BCUT2D eigenvalue weighted by Crippen LogP contribution is 2.63. The largest absolute Gasteiger partial charge is 0.489 e. The summed E-state index contributed by atoms with van der Waals surface area (Å²) in [7, 11) is 1.60. The molecule has 2 aromatic rings. The molecule has 0 saturated heterocycles. The molecule has 29 heavy (non-hydrogen) atoms. The van der Waals surface area contributed by atoms with Crippen molar-refractivity contribution in [3.8, 4) is 11.8 Å². The minimum absolute atomic E-state index is 0.200. The van der Waals surface area contributed by atoms with Crippen molar-refractivity contribution in [2.75, 3.05) is 7.11 Å². The highest BCUT2D eigenvalue weighted by molar-refractivity contribution is 6.31. The lowest BCUT2D eigenvalue weighted by Crippen LogP contribution is -2.84. The van der Waals surface area contributed by atoms with Gasteiger partial charge in [-0.2, -0.15) is 5.26 Å². The SMILES string of the molecule is COC1(NC(=O)c2ccccc2)C(C)(C)C(Oc2ccc(C#N)c(Cl)c2)C1(C)C. The maximum absolute atomic E-state index is 12.9. The average molecular weight is 413 g/mol. The Morgan fingerprint density at radius 2 is 1.72 bits per heavy atom. The summed E-state index contributed by atoms with van der Waals surface area (Å²) in [5, 5.41) is 12.5. The van der Waals surface area contributed by atoms with E-state index in [4.69, 9.17) is 26.3 Å². The van der Waals surface area contributed by atoms with Crippen molar-refractivity contribution in [2.45, 2.75) is 39.5 Å². The van der Waals surface area contributed by atoms with E-state index >= 15 is 0 Å². The predicted molar refractivity (Wildman–Crippen MR) is 112 cm³/mol. The zero-order chi connectivity index (χ0) is 21.4. The van der Waals surface area contributed by atoms with Gasteiger partial charge in [-0.25, -0.2) is 0 Å². The van der Waals surface area contributed by atoms with E-state index in [0.29, 0.717) is 21.9 Å². The molecule has 0 radical (unpaired) electrons. The van der Waals surface area contributed by atoms with Gasteiger partial charge in [0.2, 0.25) is 0 Å². The summed E-state index contributed by atoms with van der Waals surface area (Å²) in [6.45, 7) is 8.01. The minimum atomic E-state index is -0.937. The van der Waals surface area contributed by atoms with Crippen LogP contribution in [0.3, 0.4) is 0 Å². The number of methoxy groups -OCH3 is 1. The van der Waals surface area contributed by atoms with Gasteiger partial charge in [0.25, 0.3) is 5.91 Å². The molecule has 0 spiro atoms. The van der Waals surface area contributed by atoms with E-state index in [1.807, 2.05) is 52.0 Å². The number of ether oxygens (including phenoxy) is 2. The Bertz CT molecular complexity index is 948. The van der Waals surface area contributed by atoms with E-state index in [2.05, 4.69) is 5.32 Å². The maximum atomic E-state index is 12.9. The predicted octanol–water partition coefficient (Wildman–Crippen LogP) is 4.80. The molecule has 1 N–H and O–H groups in total. The van der Waals surface area contributed by atoms with Gasteiger partial charge in [-0.3, -0.25) is 4.79 Å². The van der Waals surface area contributed by atoms with Crippen LogP contribution in [0.2, 0.25) is 5.02 Å². The van der Waals surface area contributed by atoms with Crippen molar-refractivity contribution >= 4 is 17.5 Å². The molecule has 2 aromatic carbocycles. The monoisotopic (exact) mass is 412 g/mol. The van der Waals surface area contributed by atoms with Crippen LogP contribution in [0.25, 0.3) is 0 Å². The van der Waals surface area contributed by atoms with Crippen LogP contribution >= 0.6 is 11.6 Å². The van der Waals surface area contributed by atoms with E-state index in [-0.39, 0.29) is 12.0 Å². The number of nitriles is 1. The molecule has 0 unspecified atom stereocenters. The Hall–Kier alpha value is -2.55. The second kappa shape index (κ2) is 7.37. The fourth-order valence-electron chi connectivity index (χ4n) is 4.84. The topological polar surface area (TPSA) is 71.3 Å². The molecule has 1 aliphatic carbocycles. The van der Waals surface area contributed by atoms with Crippen molar-refractivity contribution in [3.05, 3.63) is 64.7 Å². The zero-order valence-corrected chi connectivity index (χ0v) is 18.0. The molecule has 0 bridgehead atoms. The Labute approximate surface area is 176 Å². The first-order valence-corrected chi connectivity index (χ1v) is 9.77. The molecule has 0 aromatic heterocycles. The van der Waals surface area contributed by atoms with Gasteiger partial charge in [0.15, 0.2) is 5.72 Å². The van der Waals surface area contributed by atoms with Crippen LogP contribution in [0.5, 0.6) is 5.75 Å². The average Bonchev–Trinajstić information content (AvgIpc) is 2.70. The number of nitrogens with zero attached hydrogens (tertiary/aromatic N) is 1. The van der Waals surface area contributed by atoms with Gasteiger partial charge in [0, 0.05) is 18.7 Å². The van der Waals surface area contributed by atoms with E-state index in [9.17, 15) is 4.79 Å². The number of benzene rings is 2. The second-order valence-corrected chi connectivity index (χ2v) is 8.81. The highest BCUT2D eigenvalue weighted by Gasteiger charge is 2.75. The minimum Gasteiger partial charge on any atom is -0.489 e. The van der Waals surface area contributed by atoms with Gasteiger partial charge in [-0.15, -0.1) is 0 Å². The molecule has 0 atom stereocenters. The number of hydrogen-bond acceptors (Lipinski definition) is 4. The molecule has 0 aliphatic heterocycles. The summed E-state index contributed by atoms with van der Waals surface area (Å²) in [5.74, 6) is 0.368. The van der Waals surface area contributed by atoms with E-state index < -0.39 is 16.6 Å². The van der Waals surface area contributed by atoms with Crippen LogP contribution < -0.4 is 10.1 Å². The van der Waals surface area contributed by atoms with Gasteiger partial charge >= 0.3 is 0 Å². The van der Waals surface area contributed by atoms with Gasteiger partial charge in [-0.1, -0.05) is 57.5 Å². The lowest BCUT2D eigenvalue weighted by atomic mass is 9.46. The lowest BCUT2D eigenvalue weighted by molar-refractivity contribution is -0.329. The Morgan fingerprint density at radius 1 is 1.10 bits per heavy atom. The van der Waals surface area contributed by atoms with Crippen LogP contribution in [-0.2, 0) is 4.74 Å². The highest BCUT2D eigenvalue weighted by atomic mass is 35.5. The van der Waals surface area contributed by atoms with Crippen LogP contribution in [-0.4, -0.2) is 24.8 Å². The first-order valence-electron chi connectivity index (χ1n) is 9.39. The molecular formula is C23H25ClN2O3. The zero-order valence-electron chi connectivity index (χ0n) is 17.2. The van der Waals surface area contributed by atoms with Crippen molar-refractivity contribution in [1.29, 1.82) is 5.26 Å². The first kappa shape index (κ1) is 21.2. The third kappa shape index (κ3) is 3.17. The summed E-state index contributed by atoms with van der Waals surface area (Å²) in [6, 6.07) is 16.1. The Kier molecular flexibility index (Phi) is 5.38. The molecule has 1 aliphatic rings. The quantitative estimate of drug-likeness (QED) is 0.716. The van der Waals surface area contributed by atoms with Crippen molar-refractivity contribution < 1.29 is 14.3 Å². The maximum Gasteiger partial charge on any atom is 0.253 e. The number of hydrogen-bond donors (Lipinski definition) is 1. The van der Waals surface area contributed by atoms with Gasteiger partial charge in [-0.05, 0) is 24.3 Å². The number of halogens is 1. The van der Waals surface area contributed by atoms with Gasteiger partial charge < -0.3 is 14.8 Å². The van der Waals surface area contributed by atoms with Gasteiger partial charge in [0.05, 0.1) is 21.4 Å². The van der Waals surface area contributed by atoms with E-state index in [0.717, 1.165) is 0 Å². The van der Waals surface area contributed by atoms with Crippen LogP contribution in [0.15, 0.2) is 48.5 Å². The fraction of sp³-hybridized carbons (Fsp3) is 0.391. The molecule has 6 heteroatoms. The van der Waals surface area contributed by atoms with Crippen LogP contribution in [0.4, 0.5) is 0 Å². The molecule has 1 amide bonds. The summed E-state index contributed by atoms with van der Waals surface area (Å²) in [6.07, 6.45) is -0.268. The van der Waals surface area contributed by atoms with Gasteiger partial charge in [0.1, 0.15) is 17.9 Å². The molecule has 3 rings (SSSR count). The number of carbonyl (C=O) groups excluding carboxylic acids is 1. The summed E-state index contributed by atoms with van der Waals surface area (Å²) < 4.78 is 12.2. The number of rotatable bonds is 5. The molecule has 152 valence electrons. The van der Waals surface area contributed by atoms with Crippen molar-refractivity contribution in [2.24, 2.45) is 10.8 Å². The third-order valence-corrected chi connectivity index (χ3v) is 6.39. The second-order valence-electron chi connectivity index (χ2n) is 8.40. The smallest absolute Gasteiger partial charge is 0.253 e. The van der Waals surface area contributed by atoms with E-state index in [1.54, 1.807) is 37.4 Å². The normalized spacial score (nSPS) is 24.1. The lowest BCUT2D eigenvalue weighted by Gasteiger charge is -2.69. The molecule has 0 heterocycles. The molecule has 1 fully saturated rings. The molecule has 1 saturated carbocycles. The summed E-state index contributed by atoms with van der Waals surface area (Å²) in [5.41, 5.74) is -1.06. The Balaban J connectivity index is 1.89. The Morgan fingerprint density at radius 3 is 2.24 bits per heavy atom. The first-order chi connectivity index (χ1) is 13.6. The van der Waals surface area contributed by atoms with Crippen LogP contribution in [0, 0.1) is 22.2 Å². The standard InChI is InChI=1S/C23H25ClN2O3/c1-21(2)20(29-17-12-11-16(14-25)18(24)13-17)22(3,4)23(21,28-5)26-19(27)15-9-7-6-8-10-15/h6-13,20H,1-5H3,(H,26,27). The van der Waals surface area contributed by atoms with Crippen molar-refractivity contribution in [1.82, 2.24) is 5.32 Å². The summed E-state index contributed by atoms with van der Waals surface area (Å²) in [4.78, 5) is 12.9. The number of nitrogens with one attached hydrogen (secondary N) is 1.